The Hall–Kier alpha value is -3.86. The van der Waals surface area contributed by atoms with Gasteiger partial charge in [0.05, 0.1) is 18.4 Å². The number of hydrogen-bond acceptors (Lipinski definition) is 4. The van der Waals surface area contributed by atoms with E-state index >= 15 is 0 Å². The molecule has 0 fully saturated rings. The molecule has 0 bridgehead atoms. The van der Waals surface area contributed by atoms with Crippen molar-refractivity contribution in [3.63, 3.8) is 0 Å². The second-order valence-corrected chi connectivity index (χ2v) is 7.69. The minimum Gasteiger partial charge on any atom is -0.497 e. The first-order valence-corrected chi connectivity index (χ1v) is 10.1. The van der Waals surface area contributed by atoms with Gasteiger partial charge in [0.25, 0.3) is 11.8 Å². The number of amides is 2. The molecule has 0 spiro atoms. The third kappa shape index (κ3) is 3.82. The van der Waals surface area contributed by atoms with Gasteiger partial charge in [0.2, 0.25) is 0 Å². The molecular formula is C26H24N2O3. The molecule has 2 amide bonds. The fourth-order valence-electron chi connectivity index (χ4n) is 3.58. The number of rotatable bonds is 5. The Labute approximate surface area is 182 Å². The van der Waals surface area contributed by atoms with Gasteiger partial charge in [-0.25, -0.2) is 4.90 Å². The largest absolute Gasteiger partial charge is 0.497 e. The Morgan fingerprint density at radius 2 is 1.55 bits per heavy atom. The van der Waals surface area contributed by atoms with Crippen molar-refractivity contribution in [1.82, 2.24) is 0 Å². The fraction of sp³-hybridized carbons (Fsp3) is 0.154. The molecule has 0 atom stereocenters. The van der Waals surface area contributed by atoms with E-state index in [0.717, 1.165) is 16.7 Å². The molecule has 0 radical (unpaired) electrons. The standard InChI is InChI=1S/C26H24N2O3/c1-16-8-11-19(12-9-16)23-24(27-20-6-5-7-22(15-20)31-4)26(30)28(25(23)29)21-13-10-17(2)18(3)14-21/h5-15,27H,1-4H3. The zero-order valence-corrected chi connectivity index (χ0v) is 18.0. The van der Waals surface area contributed by atoms with Crippen molar-refractivity contribution >= 4 is 28.8 Å². The molecule has 3 aromatic rings. The van der Waals surface area contributed by atoms with Crippen LogP contribution in [0.3, 0.4) is 0 Å². The number of nitrogens with one attached hydrogen (secondary N) is 1. The zero-order valence-electron chi connectivity index (χ0n) is 18.0. The van der Waals surface area contributed by atoms with Gasteiger partial charge in [-0.3, -0.25) is 9.59 Å². The molecule has 1 aliphatic heterocycles. The van der Waals surface area contributed by atoms with Crippen LogP contribution < -0.4 is 15.0 Å². The molecule has 0 unspecified atom stereocenters. The lowest BCUT2D eigenvalue weighted by Gasteiger charge is -2.17. The topological polar surface area (TPSA) is 58.6 Å². The van der Waals surface area contributed by atoms with Gasteiger partial charge in [0.1, 0.15) is 11.4 Å². The second-order valence-electron chi connectivity index (χ2n) is 7.69. The number of imide groups is 1. The summed E-state index contributed by atoms with van der Waals surface area (Å²) < 4.78 is 5.29. The van der Waals surface area contributed by atoms with Gasteiger partial charge in [-0.05, 0) is 61.7 Å². The first-order valence-electron chi connectivity index (χ1n) is 10.1. The van der Waals surface area contributed by atoms with Gasteiger partial charge >= 0.3 is 0 Å². The number of methoxy groups -OCH3 is 1. The van der Waals surface area contributed by atoms with Crippen molar-refractivity contribution in [2.75, 3.05) is 17.3 Å². The van der Waals surface area contributed by atoms with Crippen molar-refractivity contribution < 1.29 is 14.3 Å². The highest BCUT2D eigenvalue weighted by molar-refractivity contribution is 6.46. The summed E-state index contributed by atoms with van der Waals surface area (Å²) >= 11 is 0. The Morgan fingerprint density at radius 1 is 0.806 bits per heavy atom. The summed E-state index contributed by atoms with van der Waals surface area (Å²) in [6, 6.07) is 20.5. The number of anilines is 2. The molecule has 1 aliphatic rings. The SMILES string of the molecule is COc1cccc(NC2=C(c3ccc(C)cc3)C(=O)N(c3ccc(C)c(C)c3)C2=O)c1. The maximum absolute atomic E-state index is 13.5. The molecular weight excluding hydrogens is 388 g/mol. The molecule has 31 heavy (non-hydrogen) atoms. The lowest BCUT2D eigenvalue weighted by molar-refractivity contribution is -0.120. The number of hydrogen-bond donors (Lipinski definition) is 1. The normalized spacial score (nSPS) is 13.7. The highest BCUT2D eigenvalue weighted by Crippen LogP contribution is 2.35. The Balaban J connectivity index is 1.82. The van der Waals surface area contributed by atoms with Crippen molar-refractivity contribution in [3.05, 3.63) is 94.7 Å². The number of benzene rings is 3. The van der Waals surface area contributed by atoms with E-state index < -0.39 is 0 Å². The summed E-state index contributed by atoms with van der Waals surface area (Å²) in [7, 11) is 1.59. The Kier molecular flexibility index (Phi) is 5.34. The van der Waals surface area contributed by atoms with Crippen LogP contribution in [0.15, 0.2) is 72.4 Å². The summed E-state index contributed by atoms with van der Waals surface area (Å²) in [5, 5.41) is 3.17. The van der Waals surface area contributed by atoms with Crippen molar-refractivity contribution in [3.8, 4) is 5.75 Å². The number of carbonyl (C=O) groups excluding carboxylic acids is 2. The van der Waals surface area contributed by atoms with Crippen molar-refractivity contribution in [2.24, 2.45) is 0 Å². The monoisotopic (exact) mass is 412 g/mol. The summed E-state index contributed by atoms with van der Waals surface area (Å²) in [5.41, 5.74) is 5.72. The van der Waals surface area contributed by atoms with E-state index in [2.05, 4.69) is 5.32 Å². The van der Waals surface area contributed by atoms with Crippen LogP contribution in [0.25, 0.3) is 5.57 Å². The van der Waals surface area contributed by atoms with Crippen LogP contribution in [0.1, 0.15) is 22.3 Å². The van der Waals surface area contributed by atoms with E-state index in [1.807, 2.05) is 75.4 Å². The van der Waals surface area contributed by atoms with Crippen LogP contribution in [0.2, 0.25) is 0 Å². The number of ether oxygens (including phenoxy) is 1. The van der Waals surface area contributed by atoms with Gasteiger partial charge in [-0.15, -0.1) is 0 Å². The molecule has 0 saturated carbocycles. The predicted octanol–water partition coefficient (Wildman–Crippen LogP) is 5.02. The van der Waals surface area contributed by atoms with E-state index in [1.165, 1.54) is 4.90 Å². The zero-order chi connectivity index (χ0) is 22.1. The minimum absolute atomic E-state index is 0.250. The lowest BCUT2D eigenvalue weighted by Crippen LogP contribution is -2.32. The third-order valence-electron chi connectivity index (χ3n) is 5.51. The van der Waals surface area contributed by atoms with Crippen LogP contribution in [-0.4, -0.2) is 18.9 Å². The van der Waals surface area contributed by atoms with Gasteiger partial charge in [-0.2, -0.15) is 0 Å². The van der Waals surface area contributed by atoms with Gasteiger partial charge in [-0.1, -0.05) is 42.0 Å². The Bertz CT molecular complexity index is 1210. The molecule has 156 valence electrons. The average molecular weight is 412 g/mol. The minimum atomic E-state index is -0.383. The van der Waals surface area contributed by atoms with Gasteiger partial charge < -0.3 is 10.1 Å². The molecule has 5 nitrogen and oxygen atoms in total. The smallest absolute Gasteiger partial charge is 0.282 e. The number of aryl methyl sites for hydroxylation is 3. The molecule has 3 aromatic carbocycles. The Morgan fingerprint density at radius 3 is 2.23 bits per heavy atom. The summed E-state index contributed by atoms with van der Waals surface area (Å²) in [6.45, 7) is 5.95. The van der Waals surface area contributed by atoms with E-state index in [-0.39, 0.29) is 17.5 Å². The molecule has 0 saturated heterocycles. The molecule has 4 rings (SSSR count). The first-order chi connectivity index (χ1) is 14.9. The summed E-state index contributed by atoms with van der Waals surface area (Å²) in [5.74, 6) is -0.0700. The molecule has 0 aliphatic carbocycles. The van der Waals surface area contributed by atoms with Crippen LogP contribution >= 0.6 is 0 Å². The second kappa shape index (κ2) is 8.11. The number of carbonyl (C=O) groups is 2. The highest BCUT2D eigenvalue weighted by Gasteiger charge is 2.40. The van der Waals surface area contributed by atoms with Crippen LogP contribution in [0.5, 0.6) is 5.75 Å². The van der Waals surface area contributed by atoms with Crippen molar-refractivity contribution in [1.29, 1.82) is 0 Å². The molecule has 0 aromatic heterocycles. The van der Waals surface area contributed by atoms with Crippen LogP contribution in [0.4, 0.5) is 11.4 Å². The fourth-order valence-corrected chi connectivity index (χ4v) is 3.58. The maximum atomic E-state index is 13.5. The summed E-state index contributed by atoms with van der Waals surface area (Å²) in [6.07, 6.45) is 0. The number of nitrogens with zero attached hydrogens (tertiary/aromatic N) is 1. The average Bonchev–Trinajstić information content (AvgIpc) is 3.00. The third-order valence-corrected chi connectivity index (χ3v) is 5.51. The molecule has 5 heteroatoms. The molecule has 1 heterocycles. The predicted molar refractivity (Wildman–Crippen MR) is 123 cm³/mol. The van der Waals surface area contributed by atoms with E-state index in [0.29, 0.717) is 28.3 Å². The van der Waals surface area contributed by atoms with E-state index in [4.69, 9.17) is 4.74 Å². The first kappa shape index (κ1) is 20.4. The van der Waals surface area contributed by atoms with E-state index in [1.54, 1.807) is 19.2 Å². The van der Waals surface area contributed by atoms with Crippen LogP contribution in [-0.2, 0) is 9.59 Å². The quantitative estimate of drug-likeness (QED) is 0.598. The lowest BCUT2D eigenvalue weighted by atomic mass is 10.0. The highest BCUT2D eigenvalue weighted by atomic mass is 16.5. The maximum Gasteiger partial charge on any atom is 0.282 e. The van der Waals surface area contributed by atoms with Gasteiger partial charge in [0, 0.05) is 11.8 Å². The van der Waals surface area contributed by atoms with Crippen LogP contribution in [0, 0.1) is 20.8 Å². The molecule has 1 N–H and O–H groups in total. The summed E-state index contributed by atoms with van der Waals surface area (Å²) in [4.78, 5) is 28.2. The van der Waals surface area contributed by atoms with E-state index in [9.17, 15) is 9.59 Å². The van der Waals surface area contributed by atoms with Gasteiger partial charge in [0.15, 0.2) is 0 Å². The van der Waals surface area contributed by atoms with Crippen molar-refractivity contribution in [2.45, 2.75) is 20.8 Å².